The molecule has 1 nitrogen and oxygen atoms in total. The van der Waals surface area contributed by atoms with Gasteiger partial charge in [-0.05, 0) is 43.1 Å². The number of rotatable bonds is 5. The first-order valence-electron chi connectivity index (χ1n) is 6.20. The van der Waals surface area contributed by atoms with E-state index < -0.39 is 0 Å². The molecule has 0 N–H and O–H groups in total. The van der Waals surface area contributed by atoms with Crippen LogP contribution in [0.2, 0.25) is 0 Å². The molecule has 1 aromatic carbocycles. The average molecular weight is 216 g/mol. The molecule has 1 fully saturated rings. The number of aldehydes is 1. The minimum atomic E-state index is 0.386. The Labute approximate surface area is 97.9 Å². The van der Waals surface area contributed by atoms with Crippen molar-refractivity contribution in [3.05, 3.63) is 35.4 Å². The van der Waals surface area contributed by atoms with Gasteiger partial charge in [-0.25, -0.2) is 0 Å². The lowest BCUT2D eigenvalue weighted by atomic mass is 9.81. The highest BCUT2D eigenvalue weighted by Crippen LogP contribution is 2.55. The Morgan fingerprint density at radius 1 is 1.31 bits per heavy atom. The van der Waals surface area contributed by atoms with Crippen molar-refractivity contribution in [3.8, 4) is 0 Å². The summed E-state index contributed by atoms with van der Waals surface area (Å²) >= 11 is 0. The van der Waals surface area contributed by atoms with E-state index in [1.54, 1.807) is 0 Å². The van der Waals surface area contributed by atoms with Crippen molar-refractivity contribution in [2.24, 2.45) is 5.92 Å². The van der Waals surface area contributed by atoms with Crippen molar-refractivity contribution in [3.63, 3.8) is 0 Å². The van der Waals surface area contributed by atoms with E-state index in [0.717, 1.165) is 12.7 Å². The normalized spacial score (nSPS) is 19.1. The summed E-state index contributed by atoms with van der Waals surface area (Å²) in [4.78, 5) is 10.4. The predicted octanol–water partition coefficient (Wildman–Crippen LogP) is 3.64. The molecule has 2 rings (SSSR count). The molecule has 0 bridgehead atoms. The Morgan fingerprint density at radius 3 is 2.44 bits per heavy atom. The van der Waals surface area contributed by atoms with Gasteiger partial charge in [0, 0.05) is 6.42 Å². The molecule has 16 heavy (non-hydrogen) atoms. The SMILES string of the molecule is Cc1ccc(C2(C(C)CCC=O)CC2)cc1. The molecule has 86 valence electrons. The largest absolute Gasteiger partial charge is 0.303 e. The van der Waals surface area contributed by atoms with Crippen LogP contribution in [0.4, 0.5) is 0 Å². The van der Waals surface area contributed by atoms with Crippen LogP contribution in [-0.2, 0) is 10.2 Å². The summed E-state index contributed by atoms with van der Waals surface area (Å²) in [6.07, 6.45) is 5.35. The third-order valence-electron chi connectivity index (χ3n) is 4.08. The van der Waals surface area contributed by atoms with Gasteiger partial charge in [-0.1, -0.05) is 36.8 Å². The zero-order valence-corrected chi connectivity index (χ0v) is 10.2. The summed E-state index contributed by atoms with van der Waals surface area (Å²) in [5.74, 6) is 0.625. The molecule has 1 saturated carbocycles. The van der Waals surface area contributed by atoms with Crippen molar-refractivity contribution < 1.29 is 4.79 Å². The summed E-state index contributed by atoms with van der Waals surface area (Å²) in [5, 5.41) is 0. The molecule has 0 aliphatic heterocycles. The molecule has 0 spiro atoms. The highest BCUT2D eigenvalue weighted by molar-refractivity contribution is 5.49. The summed E-state index contributed by atoms with van der Waals surface area (Å²) in [6.45, 7) is 4.41. The van der Waals surface area contributed by atoms with Crippen LogP contribution in [0.15, 0.2) is 24.3 Å². The van der Waals surface area contributed by atoms with Gasteiger partial charge in [0.15, 0.2) is 0 Å². The minimum Gasteiger partial charge on any atom is -0.303 e. The monoisotopic (exact) mass is 216 g/mol. The molecule has 0 aromatic heterocycles. The molecule has 1 aliphatic rings. The minimum absolute atomic E-state index is 0.386. The van der Waals surface area contributed by atoms with Crippen LogP contribution in [0, 0.1) is 12.8 Å². The zero-order valence-electron chi connectivity index (χ0n) is 10.2. The van der Waals surface area contributed by atoms with E-state index in [9.17, 15) is 4.79 Å². The maximum Gasteiger partial charge on any atom is 0.120 e. The fraction of sp³-hybridized carbons (Fsp3) is 0.533. The van der Waals surface area contributed by atoms with Gasteiger partial charge < -0.3 is 4.79 Å². The molecular formula is C15H20O. The lowest BCUT2D eigenvalue weighted by Gasteiger charge is -2.23. The van der Waals surface area contributed by atoms with Gasteiger partial charge in [-0.15, -0.1) is 0 Å². The van der Waals surface area contributed by atoms with Gasteiger partial charge in [0.2, 0.25) is 0 Å². The molecular weight excluding hydrogens is 196 g/mol. The first-order chi connectivity index (χ1) is 7.69. The van der Waals surface area contributed by atoms with Crippen molar-refractivity contribution in [2.75, 3.05) is 0 Å². The van der Waals surface area contributed by atoms with Crippen LogP contribution in [0.5, 0.6) is 0 Å². The second-order valence-electron chi connectivity index (χ2n) is 5.17. The quantitative estimate of drug-likeness (QED) is 0.687. The maximum absolute atomic E-state index is 10.4. The number of aryl methyl sites for hydroxylation is 1. The lowest BCUT2D eigenvalue weighted by Crippen LogP contribution is -2.17. The van der Waals surface area contributed by atoms with E-state index in [1.165, 1.54) is 24.0 Å². The molecule has 0 saturated heterocycles. The molecule has 0 amide bonds. The van der Waals surface area contributed by atoms with Crippen molar-refractivity contribution in [1.29, 1.82) is 0 Å². The van der Waals surface area contributed by atoms with Crippen LogP contribution in [-0.4, -0.2) is 6.29 Å². The number of hydrogen-bond donors (Lipinski definition) is 0. The van der Waals surface area contributed by atoms with Crippen LogP contribution < -0.4 is 0 Å². The predicted molar refractivity (Wildman–Crippen MR) is 66.6 cm³/mol. The molecule has 0 heterocycles. The van der Waals surface area contributed by atoms with Crippen LogP contribution in [0.25, 0.3) is 0 Å². The molecule has 1 heteroatoms. The number of carbonyl (C=O) groups is 1. The Kier molecular flexibility index (Phi) is 3.13. The number of benzene rings is 1. The maximum atomic E-state index is 10.4. The van der Waals surface area contributed by atoms with Gasteiger partial charge in [-0.2, -0.15) is 0 Å². The second-order valence-corrected chi connectivity index (χ2v) is 5.17. The summed E-state index contributed by atoms with van der Waals surface area (Å²) in [5.41, 5.74) is 3.17. The van der Waals surface area contributed by atoms with Gasteiger partial charge >= 0.3 is 0 Å². The third kappa shape index (κ3) is 2.04. The van der Waals surface area contributed by atoms with Crippen molar-refractivity contribution >= 4 is 6.29 Å². The lowest BCUT2D eigenvalue weighted by molar-refractivity contribution is -0.108. The first kappa shape index (κ1) is 11.4. The molecule has 1 aliphatic carbocycles. The van der Waals surface area contributed by atoms with Gasteiger partial charge in [0.25, 0.3) is 0 Å². The number of carbonyl (C=O) groups excluding carboxylic acids is 1. The van der Waals surface area contributed by atoms with E-state index in [2.05, 4.69) is 38.1 Å². The second kappa shape index (κ2) is 4.40. The standard InChI is InChI=1S/C15H20O/c1-12-5-7-14(8-6-12)15(9-10-15)13(2)4-3-11-16/h5-8,11,13H,3-4,9-10H2,1-2H3. The van der Waals surface area contributed by atoms with E-state index in [1.807, 2.05) is 0 Å². The van der Waals surface area contributed by atoms with Crippen LogP contribution >= 0.6 is 0 Å². The Hall–Kier alpha value is -1.11. The van der Waals surface area contributed by atoms with E-state index in [4.69, 9.17) is 0 Å². The van der Waals surface area contributed by atoms with Gasteiger partial charge in [-0.3, -0.25) is 0 Å². The summed E-state index contributed by atoms with van der Waals surface area (Å²) < 4.78 is 0. The molecule has 0 radical (unpaired) electrons. The topological polar surface area (TPSA) is 17.1 Å². The smallest absolute Gasteiger partial charge is 0.120 e. The fourth-order valence-corrected chi connectivity index (χ4v) is 2.68. The van der Waals surface area contributed by atoms with E-state index >= 15 is 0 Å². The first-order valence-corrected chi connectivity index (χ1v) is 6.20. The Balaban J connectivity index is 2.12. The Morgan fingerprint density at radius 2 is 1.94 bits per heavy atom. The fourth-order valence-electron chi connectivity index (χ4n) is 2.68. The average Bonchev–Trinajstić information content (AvgIpc) is 3.08. The van der Waals surface area contributed by atoms with Crippen molar-refractivity contribution in [2.45, 2.75) is 44.9 Å². The van der Waals surface area contributed by atoms with Crippen LogP contribution in [0.3, 0.4) is 0 Å². The molecule has 1 atom stereocenters. The highest BCUT2D eigenvalue weighted by atomic mass is 16.1. The van der Waals surface area contributed by atoms with Crippen molar-refractivity contribution in [1.82, 2.24) is 0 Å². The summed E-state index contributed by atoms with van der Waals surface area (Å²) in [7, 11) is 0. The van der Waals surface area contributed by atoms with Crippen LogP contribution in [0.1, 0.15) is 43.7 Å². The summed E-state index contributed by atoms with van der Waals surface area (Å²) in [6, 6.07) is 8.92. The molecule has 1 unspecified atom stereocenters. The zero-order chi connectivity index (χ0) is 11.6. The highest BCUT2D eigenvalue weighted by Gasteiger charge is 2.47. The van der Waals surface area contributed by atoms with E-state index in [0.29, 0.717) is 17.8 Å². The number of hydrogen-bond acceptors (Lipinski definition) is 1. The molecule has 1 aromatic rings. The third-order valence-corrected chi connectivity index (χ3v) is 4.08. The van der Waals surface area contributed by atoms with Gasteiger partial charge in [0.05, 0.1) is 0 Å². The Bertz CT molecular complexity index is 360. The van der Waals surface area contributed by atoms with Gasteiger partial charge in [0.1, 0.15) is 6.29 Å². The van der Waals surface area contributed by atoms with E-state index in [-0.39, 0.29) is 0 Å².